The Kier molecular flexibility index (Phi) is 5.59. The lowest BCUT2D eigenvalue weighted by Crippen LogP contribution is -2.50. The Bertz CT molecular complexity index is 1440. The van der Waals surface area contributed by atoms with Gasteiger partial charge in [0.15, 0.2) is 0 Å². The van der Waals surface area contributed by atoms with E-state index in [4.69, 9.17) is 16.3 Å². The maximum absolute atomic E-state index is 12.8. The van der Waals surface area contributed by atoms with Gasteiger partial charge in [0, 0.05) is 52.2 Å². The van der Waals surface area contributed by atoms with Crippen molar-refractivity contribution >= 4 is 56.8 Å². The molecule has 6 rings (SSSR count). The number of aromatic amines is 1. The number of aromatic nitrogens is 1. The highest BCUT2D eigenvalue weighted by Crippen LogP contribution is 2.37. The van der Waals surface area contributed by atoms with Crippen LogP contribution < -0.4 is 10.2 Å². The van der Waals surface area contributed by atoms with Crippen LogP contribution in [0, 0.1) is 0 Å². The molecule has 0 aliphatic carbocycles. The number of carbonyl (C=O) groups excluding carboxylic acids is 2. The molecule has 1 aromatic heterocycles. The molecule has 178 valence electrons. The molecule has 0 radical (unpaired) electrons. The minimum Gasteiger partial charge on any atom is -0.444 e. The summed E-state index contributed by atoms with van der Waals surface area (Å²) < 4.78 is 5.38. The van der Waals surface area contributed by atoms with Crippen LogP contribution in [0.25, 0.3) is 21.8 Å². The zero-order chi connectivity index (χ0) is 23.9. The molecule has 35 heavy (non-hydrogen) atoms. The van der Waals surface area contributed by atoms with Gasteiger partial charge in [-0.3, -0.25) is 14.6 Å². The quantitative estimate of drug-likeness (QED) is 0.395. The number of halogens is 1. The lowest BCUT2D eigenvalue weighted by Gasteiger charge is -2.40. The second kappa shape index (κ2) is 8.91. The SMILES string of the molecule is O=C(CN1CCC(N2C(=O)OCc3cccc(Cl)c32)CC1)Nc1ccc2[nH]c3ccccc3c2c1. The molecule has 7 nitrogen and oxygen atoms in total. The van der Waals surface area contributed by atoms with Crippen molar-refractivity contribution in [3.8, 4) is 0 Å². The maximum Gasteiger partial charge on any atom is 0.414 e. The minimum atomic E-state index is -0.352. The Hall–Kier alpha value is -3.55. The fraction of sp³-hybridized carbons (Fsp3) is 0.259. The number of para-hydroxylation sites is 2. The lowest BCUT2D eigenvalue weighted by molar-refractivity contribution is -0.117. The Morgan fingerprint density at radius 2 is 1.83 bits per heavy atom. The van der Waals surface area contributed by atoms with Gasteiger partial charge in [0.1, 0.15) is 6.61 Å². The van der Waals surface area contributed by atoms with Crippen molar-refractivity contribution in [2.45, 2.75) is 25.5 Å². The summed E-state index contributed by atoms with van der Waals surface area (Å²) in [5.41, 5.74) is 4.59. The topological polar surface area (TPSA) is 77.7 Å². The first-order valence-corrected chi connectivity index (χ1v) is 12.2. The summed E-state index contributed by atoms with van der Waals surface area (Å²) in [6.45, 7) is 1.97. The number of carbonyl (C=O) groups is 2. The fourth-order valence-corrected chi connectivity index (χ4v) is 5.53. The predicted molar refractivity (Wildman–Crippen MR) is 138 cm³/mol. The van der Waals surface area contributed by atoms with E-state index in [9.17, 15) is 9.59 Å². The molecule has 3 aromatic carbocycles. The number of amides is 2. The molecule has 0 saturated carbocycles. The van der Waals surface area contributed by atoms with Crippen LogP contribution in [0.4, 0.5) is 16.2 Å². The molecule has 0 spiro atoms. The summed E-state index contributed by atoms with van der Waals surface area (Å²) >= 11 is 6.44. The fourth-order valence-electron chi connectivity index (χ4n) is 5.24. The summed E-state index contributed by atoms with van der Waals surface area (Å²) in [5.74, 6) is -0.0478. The molecule has 0 bridgehead atoms. The van der Waals surface area contributed by atoms with E-state index in [2.05, 4.69) is 21.3 Å². The van der Waals surface area contributed by atoms with Crippen LogP contribution >= 0.6 is 11.6 Å². The standard InChI is InChI=1S/C27H25ClN4O3/c28-22-6-3-4-17-16-35-27(34)32(26(17)22)19-10-12-31(13-11-19)15-25(33)29-18-8-9-24-21(14-18)20-5-1-2-7-23(20)30-24/h1-9,14,19,30H,10-13,15-16H2,(H,29,33). The third kappa shape index (κ3) is 4.11. The zero-order valence-electron chi connectivity index (χ0n) is 19.1. The van der Waals surface area contributed by atoms with E-state index < -0.39 is 0 Å². The van der Waals surface area contributed by atoms with Crippen molar-refractivity contribution in [2.24, 2.45) is 0 Å². The van der Waals surface area contributed by atoms with Gasteiger partial charge < -0.3 is 15.0 Å². The highest BCUT2D eigenvalue weighted by atomic mass is 35.5. The van der Waals surface area contributed by atoms with Crippen molar-refractivity contribution in [3.05, 3.63) is 71.2 Å². The molecule has 3 heterocycles. The van der Waals surface area contributed by atoms with Gasteiger partial charge >= 0.3 is 6.09 Å². The monoisotopic (exact) mass is 488 g/mol. The van der Waals surface area contributed by atoms with Gasteiger partial charge in [-0.2, -0.15) is 0 Å². The Morgan fingerprint density at radius 3 is 2.69 bits per heavy atom. The number of hydrogen-bond donors (Lipinski definition) is 2. The second-order valence-corrected chi connectivity index (χ2v) is 9.57. The largest absolute Gasteiger partial charge is 0.444 e. The molecule has 2 N–H and O–H groups in total. The number of fused-ring (bicyclic) bond motifs is 4. The van der Waals surface area contributed by atoms with Crippen molar-refractivity contribution in [1.29, 1.82) is 0 Å². The van der Waals surface area contributed by atoms with Gasteiger partial charge in [0.25, 0.3) is 0 Å². The molecule has 1 saturated heterocycles. The summed E-state index contributed by atoms with van der Waals surface area (Å²) in [5, 5.41) is 5.83. The van der Waals surface area contributed by atoms with Crippen LogP contribution in [0.3, 0.4) is 0 Å². The van der Waals surface area contributed by atoms with Gasteiger partial charge in [-0.1, -0.05) is 41.9 Å². The first kappa shape index (κ1) is 21.9. The molecule has 8 heteroatoms. The molecule has 2 aliphatic rings. The number of nitrogens with one attached hydrogen (secondary N) is 2. The van der Waals surface area contributed by atoms with Crippen LogP contribution in [-0.2, 0) is 16.1 Å². The number of benzene rings is 3. The van der Waals surface area contributed by atoms with E-state index in [-0.39, 0.29) is 24.6 Å². The first-order chi connectivity index (χ1) is 17.1. The van der Waals surface area contributed by atoms with Crippen molar-refractivity contribution in [3.63, 3.8) is 0 Å². The van der Waals surface area contributed by atoms with Gasteiger partial charge in [0.2, 0.25) is 5.91 Å². The van der Waals surface area contributed by atoms with Crippen molar-refractivity contribution in [2.75, 3.05) is 29.9 Å². The number of ether oxygens (including phenoxy) is 1. The smallest absolute Gasteiger partial charge is 0.414 e. The number of nitrogens with zero attached hydrogens (tertiary/aromatic N) is 2. The van der Waals surface area contributed by atoms with Crippen LogP contribution in [0.2, 0.25) is 5.02 Å². The average molecular weight is 489 g/mol. The minimum absolute atomic E-state index is 0.00922. The molecular formula is C27H25ClN4O3. The number of piperidine rings is 1. The zero-order valence-corrected chi connectivity index (χ0v) is 19.8. The molecule has 2 amide bonds. The van der Waals surface area contributed by atoms with E-state index >= 15 is 0 Å². The third-order valence-corrected chi connectivity index (χ3v) is 7.24. The summed E-state index contributed by atoms with van der Waals surface area (Å²) in [7, 11) is 0. The normalized spacial score (nSPS) is 16.9. The van der Waals surface area contributed by atoms with Crippen LogP contribution in [0.5, 0.6) is 0 Å². The highest BCUT2D eigenvalue weighted by Gasteiger charge is 2.35. The predicted octanol–water partition coefficient (Wildman–Crippen LogP) is 5.53. The van der Waals surface area contributed by atoms with Crippen LogP contribution in [0.1, 0.15) is 18.4 Å². The van der Waals surface area contributed by atoms with Gasteiger partial charge in [0.05, 0.1) is 17.3 Å². The number of hydrogen-bond acceptors (Lipinski definition) is 4. The average Bonchev–Trinajstić information content (AvgIpc) is 3.23. The number of anilines is 2. The van der Waals surface area contributed by atoms with Crippen LogP contribution in [-0.4, -0.2) is 47.6 Å². The van der Waals surface area contributed by atoms with E-state index in [0.29, 0.717) is 24.7 Å². The molecule has 0 unspecified atom stereocenters. The third-order valence-electron chi connectivity index (χ3n) is 6.94. The molecule has 2 aliphatic heterocycles. The Morgan fingerprint density at radius 1 is 1.03 bits per heavy atom. The van der Waals surface area contributed by atoms with Crippen molar-refractivity contribution in [1.82, 2.24) is 9.88 Å². The molecule has 0 atom stereocenters. The molecule has 1 fully saturated rings. The maximum atomic E-state index is 12.8. The first-order valence-electron chi connectivity index (χ1n) is 11.8. The van der Waals surface area contributed by atoms with Gasteiger partial charge in [-0.15, -0.1) is 0 Å². The Labute approximate surface area is 207 Å². The van der Waals surface area contributed by atoms with E-state index in [0.717, 1.165) is 51.6 Å². The molecule has 4 aromatic rings. The molecular weight excluding hydrogens is 464 g/mol. The van der Waals surface area contributed by atoms with Gasteiger partial charge in [-0.05, 0) is 43.2 Å². The highest BCUT2D eigenvalue weighted by molar-refractivity contribution is 6.34. The number of rotatable bonds is 4. The summed E-state index contributed by atoms with van der Waals surface area (Å²) in [6.07, 6.45) is 1.14. The Balaban J connectivity index is 1.10. The summed E-state index contributed by atoms with van der Waals surface area (Å²) in [6, 6.07) is 19.7. The lowest BCUT2D eigenvalue weighted by atomic mass is 10.0. The van der Waals surface area contributed by atoms with E-state index in [1.54, 1.807) is 11.0 Å². The second-order valence-electron chi connectivity index (χ2n) is 9.16. The van der Waals surface area contributed by atoms with E-state index in [1.807, 2.05) is 48.5 Å². The number of H-pyrrole nitrogens is 1. The summed E-state index contributed by atoms with van der Waals surface area (Å²) in [4.78, 5) is 32.6. The van der Waals surface area contributed by atoms with E-state index in [1.165, 1.54) is 0 Å². The van der Waals surface area contributed by atoms with Crippen LogP contribution in [0.15, 0.2) is 60.7 Å². The number of likely N-dealkylation sites (tertiary alicyclic amines) is 1. The van der Waals surface area contributed by atoms with Crippen molar-refractivity contribution < 1.29 is 14.3 Å². The number of cyclic esters (lactones) is 1. The van der Waals surface area contributed by atoms with Gasteiger partial charge in [-0.25, -0.2) is 4.79 Å².